The summed E-state index contributed by atoms with van der Waals surface area (Å²) in [4.78, 5) is 29.3. The molecule has 0 bridgehead atoms. The molecule has 1 saturated heterocycles. The molecule has 27 heavy (non-hydrogen) atoms. The Morgan fingerprint density at radius 2 is 2.00 bits per heavy atom. The zero-order valence-corrected chi connectivity index (χ0v) is 15.1. The Morgan fingerprint density at radius 1 is 1.26 bits per heavy atom. The summed E-state index contributed by atoms with van der Waals surface area (Å²) < 4.78 is 5.08. The van der Waals surface area contributed by atoms with Gasteiger partial charge < -0.3 is 14.9 Å². The van der Waals surface area contributed by atoms with Crippen molar-refractivity contribution in [3.05, 3.63) is 59.0 Å². The SMILES string of the molecule is CN1C(=O)/C(=C/c2ccc(OCC(=O)O)cc2)SC1=Nc1cccc(O)c1. The van der Waals surface area contributed by atoms with Crippen molar-refractivity contribution in [2.24, 2.45) is 4.99 Å². The van der Waals surface area contributed by atoms with E-state index in [-0.39, 0.29) is 11.7 Å². The molecule has 0 aromatic heterocycles. The molecule has 1 fully saturated rings. The predicted molar refractivity (Wildman–Crippen MR) is 103 cm³/mol. The van der Waals surface area contributed by atoms with Gasteiger partial charge in [0, 0.05) is 13.1 Å². The first-order valence-corrected chi connectivity index (χ1v) is 8.74. The number of nitrogens with zero attached hydrogens (tertiary/aromatic N) is 2. The normalized spacial score (nSPS) is 16.9. The van der Waals surface area contributed by atoms with Crippen LogP contribution < -0.4 is 4.74 Å². The number of benzene rings is 2. The third kappa shape index (κ3) is 4.68. The van der Waals surface area contributed by atoms with Gasteiger partial charge >= 0.3 is 5.97 Å². The average Bonchev–Trinajstić information content (AvgIpc) is 2.89. The van der Waals surface area contributed by atoms with Crippen LogP contribution in [0.2, 0.25) is 0 Å². The first-order valence-electron chi connectivity index (χ1n) is 7.92. The van der Waals surface area contributed by atoms with Crippen LogP contribution in [0.4, 0.5) is 5.69 Å². The van der Waals surface area contributed by atoms with Crippen molar-refractivity contribution in [1.82, 2.24) is 4.90 Å². The number of ether oxygens (including phenoxy) is 1. The lowest BCUT2D eigenvalue weighted by atomic mass is 10.2. The number of carbonyl (C=O) groups is 2. The second-order valence-electron chi connectivity index (χ2n) is 5.64. The van der Waals surface area contributed by atoms with Gasteiger partial charge in [0.05, 0.1) is 10.6 Å². The fourth-order valence-corrected chi connectivity index (χ4v) is 3.27. The monoisotopic (exact) mass is 384 g/mol. The van der Waals surface area contributed by atoms with E-state index in [0.29, 0.717) is 21.5 Å². The van der Waals surface area contributed by atoms with Crippen molar-refractivity contribution in [3.8, 4) is 11.5 Å². The molecule has 0 aliphatic carbocycles. The topological polar surface area (TPSA) is 99.4 Å². The molecule has 1 aliphatic rings. The van der Waals surface area contributed by atoms with Gasteiger partial charge in [-0.3, -0.25) is 9.69 Å². The van der Waals surface area contributed by atoms with Crippen molar-refractivity contribution in [3.63, 3.8) is 0 Å². The number of carboxylic acid groups (broad SMARTS) is 1. The van der Waals surface area contributed by atoms with E-state index in [9.17, 15) is 14.7 Å². The van der Waals surface area contributed by atoms with Crippen LogP contribution in [-0.2, 0) is 9.59 Å². The number of amides is 1. The second-order valence-corrected chi connectivity index (χ2v) is 6.65. The zero-order chi connectivity index (χ0) is 19.4. The Balaban J connectivity index is 1.77. The summed E-state index contributed by atoms with van der Waals surface area (Å²) in [5, 5.41) is 18.7. The number of carbonyl (C=O) groups excluding carboxylic acids is 1. The van der Waals surface area contributed by atoms with E-state index in [2.05, 4.69) is 4.99 Å². The van der Waals surface area contributed by atoms with Crippen LogP contribution in [-0.4, -0.2) is 45.8 Å². The average molecular weight is 384 g/mol. The van der Waals surface area contributed by atoms with Gasteiger partial charge in [-0.1, -0.05) is 18.2 Å². The number of hydrogen-bond acceptors (Lipinski definition) is 6. The highest BCUT2D eigenvalue weighted by Crippen LogP contribution is 2.33. The second kappa shape index (κ2) is 7.96. The number of carboxylic acids is 1. The highest BCUT2D eigenvalue weighted by molar-refractivity contribution is 8.18. The van der Waals surface area contributed by atoms with Crippen LogP contribution in [0.25, 0.3) is 6.08 Å². The molecule has 1 heterocycles. The van der Waals surface area contributed by atoms with E-state index in [1.54, 1.807) is 55.6 Å². The van der Waals surface area contributed by atoms with Crippen LogP contribution in [0.15, 0.2) is 58.4 Å². The minimum Gasteiger partial charge on any atom is -0.508 e. The maximum absolute atomic E-state index is 12.4. The smallest absolute Gasteiger partial charge is 0.341 e. The molecule has 1 amide bonds. The number of thioether (sulfide) groups is 1. The number of aliphatic imine (C=N–C) groups is 1. The highest BCUT2D eigenvalue weighted by Gasteiger charge is 2.30. The van der Waals surface area contributed by atoms with Gasteiger partial charge in [0.1, 0.15) is 11.5 Å². The summed E-state index contributed by atoms with van der Waals surface area (Å²) in [6, 6.07) is 13.3. The Bertz CT molecular complexity index is 937. The summed E-state index contributed by atoms with van der Waals surface area (Å²) in [5.74, 6) is -0.677. The quantitative estimate of drug-likeness (QED) is 0.769. The summed E-state index contributed by atoms with van der Waals surface area (Å²) in [5.41, 5.74) is 1.33. The molecule has 0 saturated carbocycles. The van der Waals surface area contributed by atoms with E-state index in [4.69, 9.17) is 9.84 Å². The van der Waals surface area contributed by atoms with E-state index in [1.807, 2.05) is 0 Å². The van der Waals surface area contributed by atoms with Crippen LogP contribution >= 0.6 is 11.8 Å². The number of aliphatic carboxylic acids is 1. The molecule has 7 nitrogen and oxygen atoms in total. The van der Waals surface area contributed by atoms with E-state index in [1.165, 1.54) is 22.7 Å². The van der Waals surface area contributed by atoms with Crippen molar-refractivity contribution < 1.29 is 24.5 Å². The highest BCUT2D eigenvalue weighted by atomic mass is 32.2. The Labute approximate surface area is 159 Å². The van der Waals surface area contributed by atoms with E-state index in [0.717, 1.165) is 5.56 Å². The summed E-state index contributed by atoms with van der Waals surface area (Å²) in [7, 11) is 1.64. The summed E-state index contributed by atoms with van der Waals surface area (Å²) in [6.07, 6.45) is 1.73. The largest absolute Gasteiger partial charge is 0.508 e. The molecule has 0 atom stereocenters. The number of phenols is 1. The Hall–Kier alpha value is -3.26. The molecule has 8 heteroatoms. The number of amidine groups is 1. The minimum atomic E-state index is -1.05. The van der Waals surface area contributed by atoms with Crippen LogP contribution in [0.3, 0.4) is 0 Å². The zero-order valence-electron chi connectivity index (χ0n) is 14.3. The molecule has 2 aromatic rings. The standard InChI is InChI=1S/C19H16N2O5S/c1-21-18(25)16(27-19(21)20-13-3-2-4-14(22)10-13)9-12-5-7-15(8-6-12)26-11-17(23)24/h2-10,22H,11H2,1H3,(H,23,24)/b16-9-,20-19?. The molecule has 1 aliphatic heterocycles. The molecular weight excluding hydrogens is 368 g/mol. The minimum absolute atomic E-state index is 0.106. The number of rotatable bonds is 5. The predicted octanol–water partition coefficient (Wildman–Crippen LogP) is 3.09. The Kier molecular flexibility index (Phi) is 5.46. The number of aromatic hydroxyl groups is 1. The molecule has 2 N–H and O–H groups in total. The number of phenolic OH excluding ortho intramolecular Hbond substituents is 1. The molecule has 0 spiro atoms. The number of likely N-dealkylation sites (N-methyl/N-ethyl adjacent to an activating group) is 1. The van der Waals surface area contributed by atoms with Crippen molar-refractivity contribution in [1.29, 1.82) is 0 Å². The third-order valence-corrected chi connectivity index (χ3v) is 4.66. The van der Waals surface area contributed by atoms with E-state index < -0.39 is 12.6 Å². The molecule has 2 aromatic carbocycles. The fraction of sp³-hybridized carbons (Fsp3) is 0.105. The lowest BCUT2D eigenvalue weighted by Gasteiger charge is -2.07. The van der Waals surface area contributed by atoms with Crippen molar-refractivity contribution in [2.75, 3.05) is 13.7 Å². The first kappa shape index (κ1) is 18.5. The van der Waals surface area contributed by atoms with Crippen molar-refractivity contribution >= 4 is 40.6 Å². The lowest BCUT2D eigenvalue weighted by Crippen LogP contribution is -2.23. The van der Waals surface area contributed by atoms with Gasteiger partial charge in [0.25, 0.3) is 5.91 Å². The maximum atomic E-state index is 12.4. The molecule has 3 rings (SSSR count). The van der Waals surface area contributed by atoms with Gasteiger partial charge in [0.15, 0.2) is 11.8 Å². The summed E-state index contributed by atoms with van der Waals surface area (Å²) in [6.45, 7) is -0.408. The van der Waals surface area contributed by atoms with Gasteiger partial charge in [-0.25, -0.2) is 9.79 Å². The van der Waals surface area contributed by atoms with Gasteiger partial charge in [-0.05, 0) is 47.7 Å². The first-order chi connectivity index (χ1) is 12.9. The van der Waals surface area contributed by atoms with Gasteiger partial charge in [-0.2, -0.15) is 0 Å². The molecule has 138 valence electrons. The molecule has 0 radical (unpaired) electrons. The summed E-state index contributed by atoms with van der Waals surface area (Å²) >= 11 is 1.24. The van der Waals surface area contributed by atoms with Gasteiger partial charge in [0.2, 0.25) is 0 Å². The molecule has 0 unspecified atom stereocenters. The maximum Gasteiger partial charge on any atom is 0.341 e. The third-order valence-electron chi connectivity index (χ3n) is 3.60. The van der Waals surface area contributed by atoms with Gasteiger partial charge in [-0.15, -0.1) is 0 Å². The number of hydrogen-bond donors (Lipinski definition) is 2. The molecular formula is C19H16N2O5S. The van der Waals surface area contributed by atoms with Crippen LogP contribution in [0, 0.1) is 0 Å². The fourth-order valence-electron chi connectivity index (χ4n) is 2.28. The lowest BCUT2D eigenvalue weighted by molar-refractivity contribution is -0.139. The van der Waals surface area contributed by atoms with Crippen LogP contribution in [0.1, 0.15) is 5.56 Å². The van der Waals surface area contributed by atoms with E-state index >= 15 is 0 Å². The van der Waals surface area contributed by atoms with Crippen molar-refractivity contribution in [2.45, 2.75) is 0 Å². The van der Waals surface area contributed by atoms with Crippen LogP contribution in [0.5, 0.6) is 11.5 Å². The Morgan fingerprint density at radius 3 is 2.67 bits per heavy atom.